The van der Waals surface area contributed by atoms with E-state index >= 15 is 0 Å². The van der Waals surface area contributed by atoms with Crippen LogP contribution in [0.3, 0.4) is 0 Å². The Balaban J connectivity index is 1.29. The maximum atomic E-state index is 12.6. The highest BCUT2D eigenvalue weighted by atomic mass is 32.2. The van der Waals surface area contributed by atoms with Gasteiger partial charge in [0.25, 0.3) is 5.91 Å². The molecule has 0 saturated carbocycles. The van der Waals surface area contributed by atoms with Gasteiger partial charge in [0.05, 0.1) is 11.8 Å². The lowest BCUT2D eigenvalue weighted by atomic mass is 9.87. The number of hydrogen-bond donors (Lipinski definition) is 1. The standard InChI is InChI=1S/C25H25NO3S/c1-17(25(28)26-23-12-6-10-19-8-4-5-11-22(19)23)29-24(27)16-30-21-14-13-18-7-2-3-9-20(18)15-21/h2-5,7-9,11,13-15,17,23H,6,10,12,16H2,1H3,(H,26,28)/t17-,23+/m0/s1. The van der Waals surface area contributed by atoms with Crippen LogP contribution < -0.4 is 5.32 Å². The Morgan fingerprint density at radius 1 is 1.07 bits per heavy atom. The largest absolute Gasteiger partial charge is 0.452 e. The first kappa shape index (κ1) is 20.5. The Morgan fingerprint density at radius 3 is 2.70 bits per heavy atom. The van der Waals surface area contributed by atoms with Crippen LogP contribution in [0, 0.1) is 0 Å². The zero-order valence-electron chi connectivity index (χ0n) is 17.0. The fraction of sp³-hybridized carbons (Fsp3) is 0.280. The number of ether oxygens (including phenoxy) is 1. The van der Waals surface area contributed by atoms with E-state index in [1.165, 1.54) is 28.3 Å². The van der Waals surface area contributed by atoms with Crippen LogP contribution in [0.2, 0.25) is 0 Å². The van der Waals surface area contributed by atoms with Crippen LogP contribution >= 0.6 is 11.8 Å². The van der Waals surface area contributed by atoms with Crippen LogP contribution in [0.15, 0.2) is 71.6 Å². The summed E-state index contributed by atoms with van der Waals surface area (Å²) < 4.78 is 5.38. The lowest BCUT2D eigenvalue weighted by Gasteiger charge is -2.27. The molecule has 1 amide bonds. The van der Waals surface area contributed by atoms with Gasteiger partial charge in [-0.25, -0.2) is 0 Å². The van der Waals surface area contributed by atoms with Gasteiger partial charge in [-0.3, -0.25) is 9.59 Å². The minimum Gasteiger partial charge on any atom is -0.452 e. The van der Waals surface area contributed by atoms with E-state index in [1.807, 2.05) is 42.5 Å². The number of rotatable bonds is 6. The van der Waals surface area contributed by atoms with Gasteiger partial charge >= 0.3 is 5.97 Å². The molecule has 0 saturated heterocycles. The topological polar surface area (TPSA) is 55.4 Å². The van der Waals surface area contributed by atoms with Crippen molar-refractivity contribution in [3.63, 3.8) is 0 Å². The maximum absolute atomic E-state index is 12.6. The average molecular weight is 420 g/mol. The molecule has 0 fully saturated rings. The van der Waals surface area contributed by atoms with Gasteiger partial charge in [0.1, 0.15) is 0 Å². The van der Waals surface area contributed by atoms with E-state index in [0.29, 0.717) is 0 Å². The molecule has 4 rings (SSSR count). The number of nitrogens with one attached hydrogen (secondary N) is 1. The first-order valence-corrected chi connectivity index (χ1v) is 11.3. The first-order valence-electron chi connectivity index (χ1n) is 10.3. The maximum Gasteiger partial charge on any atom is 0.317 e. The Hall–Kier alpha value is -2.79. The Morgan fingerprint density at radius 2 is 1.83 bits per heavy atom. The smallest absolute Gasteiger partial charge is 0.317 e. The van der Waals surface area contributed by atoms with Crippen LogP contribution in [0.1, 0.15) is 36.9 Å². The molecule has 1 N–H and O–H groups in total. The third-order valence-electron chi connectivity index (χ3n) is 5.44. The predicted molar refractivity (Wildman–Crippen MR) is 120 cm³/mol. The second-order valence-corrected chi connectivity index (χ2v) is 8.63. The quantitative estimate of drug-likeness (QED) is 0.448. The number of fused-ring (bicyclic) bond motifs is 2. The van der Waals surface area contributed by atoms with Crippen molar-refractivity contribution in [2.24, 2.45) is 0 Å². The fourth-order valence-corrected chi connectivity index (χ4v) is 4.60. The predicted octanol–water partition coefficient (Wildman–Crippen LogP) is 5.06. The number of hydrogen-bond acceptors (Lipinski definition) is 4. The van der Waals surface area contributed by atoms with E-state index in [1.54, 1.807) is 6.92 Å². The van der Waals surface area contributed by atoms with Crippen molar-refractivity contribution in [3.05, 3.63) is 77.9 Å². The molecule has 30 heavy (non-hydrogen) atoms. The summed E-state index contributed by atoms with van der Waals surface area (Å²) in [6.45, 7) is 1.63. The van der Waals surface area contributed by atoms with Crippen LogP contribution in [-0.2, 0) is 20.7 Å². The van der Waals surface area contributed by atoms with Crippen molar-refractivity contribution in [1.29, 1.82) is 0 Å². The molecular weight excluding hydrogens is 394 g/mol. The normalized spacial score (nSPS) is 16.5. The minimum atomic E-state index is -0.816. The molecule has 1 aliphatic carbocycles. The Labute approximate surface area is 181 Å². The van der Waals surface area contributed by atoms with Crippen molar-refractivity contribution in [2.45, 2.75) is 43.2 Å². The molecule has 2 atom stereocenters. The molecule has 0 bridgehead atoms. The first-order chi connectivity index (χ1) is 14.6. The summed E-state index contributed by atoms with van der Waals surface area (Å²) >= 11 is 1.42. The number of carbonyl (C=O) groups excluding carboxylic acids is 2. The SMILES string of the molecule is C[C@H](OC(=O)CSc1ccc2ccccc2c1)C(=O)N[C@@H]1CCCc2ccccc21. The monoisotopic (exact) mass is 419 g/mol. The number of amides is 1. The highest BCUT2D eigenvalue weighted by molar-refractivity contribution is 8.00. The summed E-state index contributed by atoms with van der Waals surface area (Å²) in [5.41, 5.74) is 2.45. The molecule has 0 spiro atoms. The average Bonchev–Trinajstić information content (AvgIpc) is 2.77. The van der Waals surface area contributed by atoms with Gasteiger partial charge in [-0.15, -0.1) is 11.8 Å². The van der Waals surface area contributed by atoms with E-state index in [9.17, 15) is 9.59 Å². The molecule has 0 aliphatic heterocycles. The number of thioether (sulfide) groups is 1. The van der Waals surface area contributed by atoms with Gasteiger partial charge in [0, 0.05) is 4.90 Å². The van der Waals surface area contributed by atoms with E-state index in [0.717, 1.165) is 29.5 Å². The van der Waals surface area contributed by atoms with Crippen molar-refractivity contribution < 1.29 is 14.3 Å². The van der Waals surface area contributed by atoms with Gasteiger partial charge in [-0.05, 0) is 60.2 Å². The van der Waals surface area contributed by atoms with Crippen molar-refractivity contribution >= 4 is 34.4 Å². The zero-order chi connectivity index (χ0) is 20.9. The van der Waals surface area contributed by atoms with Crippen molar-refractivity contribution in [2.75, 3.05) is 5.75 Å². The van der Waals surface area contributed by atoms with Gasteiger partial charge in [-0.2, -0.15) is 0 Å². The Kier molecular flexibility index (Phi) is 6.38. The van der Waals surface area contributed by atoms with Crippen molar-refractivity contribution in [1.82, 2.24) is 5.32 Å². The molecule has 0 aromatic heterocycles. The van der Waals surface area contributed by atoms with Crippen LogP contribution in [-0.4, -0.2) is 23.7 Å². The summed E-state index contributed by atoms with van der Waals surface area (Å²) in [5.74, 6) is -0.469. The zero-order valence-corrected chi connectivity index (χ0v) is 17.8. The summed E-state index contributed by atoms with van der Waals surface area (Å²) in [4.78, 5) is 25.8. The molecule has 1 aliphatic rings. The highest BCUT2D eigenvalue weighted by Gasteiger charge is 2.25. The summed E-state index contributed by atoms with van der Waals surface area (Å²) in [6.07, 6.45) is 2.17. The minimum absolute atomic E-state index is 0.0180. The molecule has 0 unspecified atom stereocenters. The molecule has 5 heteroatoms. The van der Waals surface area contributed by atoms with Crippen LogP contribution in [0.4, 0.5) is 0 Å². The molecule has 3 aromatic rings. The van der Waals surface area contributed by atoms with E-state index in [4.69, 9.17) is 4.74 Å². The summed E-state index contributed by atoms with van der Waals surface area (Å²) in [6, 6.07) is 22.4. The summed E-state index contributed by atoms with van der Waals surface area (Å²) in [5, 5.41) is 5.35. The van der Waals surface area contributed by atoms with Crippen molar-refractivity contribution in [3.8, 4) is 0 Å². The fourth-order valence-electron chi connectivity index (χ4n) is 3.88. The van der Waals surface area contributed by atoms with Gasteiger partial charge < -0.3 is 10.1 Å². The molecule has 3 aromatic carbocycles. The lowest BCUT2D eigenvalue weighted by molar-refractivity contribution is -0.152. The number of benzene rings is 3. The third-order valence-corrected chi connectivity index (χ3v) is 6.41. The second kappa shape index (κ2) is 9.35. The van der Waals surface area contributed by atoms with Gasteiger partial charge in [0.2, 0.25) is 0 Å². The van der Waals surface area contributed by atoms with Crippen LogP contribution in [0.5, 0.6) is 0 Å². The second-order valence-electron chi connectivity index (χ2n) is 7.58. The number of carbonyl (C=O) groups is 2. The summed E-state index contributed by atoms with van der Waals surface area (Å²) in [7, 11) is 0. The number of aryl methyl sites for hydroxylation is 1. The van der Waals surface area contributed by atoms with Gasteiger partial charge in [0.15, 0.2) is 6.10 Å². The molecule has 154 valence electrons. The molecule has 0 heterocycles. The lowest BCUT2D eigenvalue weighted by Crippen LogP contribution is -2.39. The number of esters is 1. The Bertz CT molecular complexity index is 1060. The third kappa shape index (κ3) is 4.85. The van der Waals surface area contributed by atoms with Gasteiger partial charge in [-0.1, -0.05) is 54.6 Å². The van der Waals surface area contributed by atoms with E-state index < -0.39 is 6.10 Å². The highest BCUT2D eigenvalue weighted by Crippen LogP contribution is 2.29. The van der Waals surface area contributed by atoms with Crippen LogP contribution in [0.25, 0.3) is 10.8 Å². The molecule has 0 radical (unpaired) electrons. The molecule has 4 nitrogen and oxygen atoms in total. The van der Waals surface area contributed by atoms with E-state index in [-0.39, 0.29) is 23.7 Å². The van der Waals surface area contributed by atoms with E-state index in [2.05, 4.69) is 29.6 Å². The molecular formula is C25H25NO3S.